The van der Waals surface area contributed by atoms with Gasteiger partial charge < -0.3 is 0 Å². The van der Waals surface area contributed by atoms with Crippen molar-refractivity contribution in [2.24, 2.45) is 7.05 Å². The van der Waals surface area contributed by atoms with E-state index in [2.05, 4.69) is 47.3 Å². The van der Waals surface area contributed by atoms with Crippen LogP contribution in [0.2, 0.25) is 0 Å². The molecular formula is C15H19N5O. The summed E-state index contributed by atoms with van der Waals surface area (Å²) in [6.45, 7) is 5.80. The number of nitrogens with zero attached hydrogens (tertiary/aromatic N) is 5. The standard InChI is InChI=1S/C15H19N5O/c1-10-13(11(2)20(4)16-10)9-19(3)8-12-6-5-7-14-15(12)18-21-17-14/h5-7H,8-9H2,1-4H3. The van der Waals surface area contributed by atoms with Crippen LogP contribution in [0.1, 0.15) is 22.5 Å². The Bertz CT molecular complexity index is 774. The van der Waals surface area contributed by atoms with Gasteiger partial charge in [-0.2, -0.15) is 5.10 Å². The van der Waals surface area contributed by atoms with Crippen molar-refractivity contribution in [3.8, 4) is 0 Å². The fraction of sp³-hybridized carbons (Fsp3) is 0.400. The lowest BCUT2D eigenvalue weighted by Crippen LogP contribution is -2.18. The summed E-state index contributed by atoms with van der Waals surface area (Å²) in [6.07, 6.45) is 0. The molecule has 6 nitrogen and oxygen atoms in total. The molecule has 1 aromatic carbocycles. The zero-order chi connectivity index (χ0) is 15.0. The monoisotopic (exact) mass is 285 g/mol. The van der Waals surface area contributed by atoms with Gasteiger partial charge in [-0.1, -0.05) is 12.1 Å². The lowest BCUT2D eigenvalue weighted by Gasteiger charge is -2.17. The van der Waals surface area contributed by atoms with Crippen molar-refractivity contribution in [3.63, 3.8) is 0 Å². The van der Waals surface area contributed by atoms with Gasteiger partial charge >= 0.3 is 0 Å². The van der Waals surface area contributed by atoms with Gasteiger partial charge in [0.1, 0.15) is 11.0 Å². The first-order valence-electron chi connectivity index (χ1n) is 6.94. The molecule has 0 N–H and O–H groups in total. The Kier molecular flexibility index (Phi) is 3.47. The molecule has 0 spiro atoms. The van der Waals surface area contributed by atoms with Crippen molar-refractivity contribution in [2.75, 3.05) is 7.05 Å². The summed E-state index contributed by atoms with van der Waals surface area (Å²) in [6, 6.07) is 5.95. The third-order valence-electron chi connectivity index (χ3n) is 3.90. The first-order chi connectivity index (χ1) is 10.1. The van der Waals surface area contributed by atoms with Gasteiger partial charge in [-0.3, -0.25) is 9.58 Å². The van der Waals surface area contributed by atoms with Gasteiger partial charge in [0.15, 0.2) is 0 Å². The normalized spacial score (nSPS) is 11.7. The molecule has 3 aromatic rings. The highest BCUT2D eigenvalue weighted by molar-refractivity contribution is 5.76. The van der Waals surface area contributed by atoms with E-state index >= 15 is 0 Å². The number of hydrogen-bond acceptors (Lipinski definition) is 5. The third kappa shape index (κ3) is 2.54. The second kappa shape index (κ2) is 5.29. The van der Waals surface area contributed by atoms with Gasteiger partial charge in [-0.25, -0.2) is 4.63 Å². The van der Waals surface area contributed by atoms with E-state index in [0.717, 1.165) is 35.4 Å². The van der Waals surface area contributed by atoms with Gasteiger partial charge in [-0.15, -0.1) is 0 Å². The molecule has 0 saturated carbocycles. The molecule has 0 radical (unpaired) electrons. The van der Waals surface area contributed by atoms with E-state index in [4.69, 9.17) is 4.63 Å². The van der Waals surface area contributed by atoms with E-state index in [1.54, 1.807) is 0 Å². The molecular weight excluding hydrogens is 266 g/mol. The average Bonchev–Trinajstić information content (AvgIpc) is 3.00. The van der Waals surface area contributed by atoms with Gasteiger partial charge in [0.05, 0.1) is 5.69 Å². The van der Waals surface area contributed by atoms with E-state index in [-0.39, 0.29) is 0 Å². The Morgan fingerprint density at radius 2 is 2.00 bits per heavy atom. The Hall–Kier alpha value is -2.21. The molecule has 0 amide bonds. The molecule has 0 bridgehead atoms. The van der Waals surface area contributed by atoms with Crippen LogP contribution in [-0.4, -0.2) is 32.0 Å². The Balaban J connectivity index is 1.80. The summed E-state index contributed by atoms with van der Waals surface area (Å²) < 4.78 is 6.75. The molecule has 0 aliphatic rings. The van der Waals surface area contributed by atoms with Gasteiger partial charge in [0.2, 0.25) is 0 Å². The number of benzene rings is 1. The minimum atomic E-state index is 0.791. The molecule has 21 heavy (non-hydrogen) atoms. The number of aryl methyl sites for hydroxylation is 2. The van der Waals surface area contributed by atoms with Gasteiger partial charge in [0.25, 0.3) is 0 Å². The zero-order valence-electron chi connectivity index (χ0n) is 12.8. The Morgan fingerprint density at radius 3 is 2.71 bits per heavy atom. The maximum atomic E-state index is 4.82. The van der Waals surface area contributed by atoms with Crippen molar-refractivity contribution in [1.82, 2.24) is 25.0 Å². The minimum Gasteiger partial charge on any atom is -0.298 e. The lowest BCUT2D eigenvalue weighted by atomic mass is 10.1. The maximum Gasteiger partial charge on any atom is 0.139 e. The van der Waals surface area contributed by atoms with Crippen LogP contribution < -0.4 is 0 Å². The first kappa shape index (κ1) is 13.8. The first-order valence-corrected chi connectivity index (χ1v) is 6.94. The molecule has 2 heterocycles. The molecule has 0 saturated heterocycles. The molecule has 0 aliphatic carbocycles. The van der Waals surface area contributed by atoms with Crippen LogP contribution in [0.5, 0.6) is 0 Å². The predicted octanol–water partition coefficient (Wildman–Crippen LogP) is 2.21. The maximum absolute atomic E-state index is 4.82. The summed E-state index contributed by atoms with van der Waals surface area (Å²) >= 11 is 0. The van der Waals surface area contributed by atoms with Crippen molar-refractivity contribution in [2.45, 2.75) is 26.9 Å². The lowest BCUT2D eigenvalue weighted by molar-refractivity contribution is 0.309. The van der Waals surface area contributed by atoms with E-state index in [1.807, 2.05) is 23.9 Å². The highest BCUT2D eigenvalue weighted by Crippen LogP contribution is 2.19. The van der Waals surface area contributed by atoms with Crippen molar-refractivity contribution < 1.29 is 4.63 Å². The zero-order valence-corrected chi connectivity index (χ0v) is 12.8. The molecule has 0 unspecified atom stereocenters. The summed E-state index contributed by atoms with van der Waals surface area (Å²) in [5, 5.41) is 12.3. The summed E-state index contributed by atoms with van der Waals surface area (Å²) in [5.41, 5.74) is 6.34. The summed E-state index contributed by atoms with van der Waals surface area (Å²) in [7, 11) is 4.08. The van der Waals surface area contributed by atoms with Crippen molar-refractivity contribution in [3.05, 3.63) is 40.7 Å². The summed E-state index contributed by atoms with van der Waals surface area (Å²) in [4.78, 5) is 2.25. The number of rotatable bonds is 4. The molecule has 6 heteroatoms. The highest BCUT2D eigenvalue weighted by Gasteiger charge is 2.13. The van der Waals surface area contributed by atoms with Crippen molar-refractivity contribution in [1.29, 1.82) is 0 Å². The van der Waals surface area contributed by atoms with E-state index < -0.39 is 0 Å². The van der Waals surface area contributed by atoms with Crippen LogP contribution in [0.15, 0.2) is 22.8 Å². The Morgan fingerprint density at radius 1 is 1.19 bits per heavy atom. The number of hydrogen-bond donors (Lipinski definition) is 0. The molecule has 0 fully saturated rings. The summed E-state index contributed by atoms with van der Waals surface area (Å²) in [5.74, 6) is 0. The third-order valence-corrected chi connectivity index (χ3v) is 3.90. The van der Waals surface area contributed by atoms with Gasteiger partial charge in [-0.05, 0) is 42.8 Å². The highest BCUT2D eigenvalue weighted by atomic mass is 16.6. The topological polar surface area (TPSA) is 60.0 Å². The average molecular weight is 285 g/mol. The van der Waals surface area contributed by atoms with Crippen LogP contribution >= 0.6 is 0 Å². The molecule has 0 atom stereocenters. The fourth-order valence-electron chi connectivity index (χ4n) is 2.65. The SMILES string of the molecule is Cc1nn(C)c(C)c1CN(C)Cc1cccc2nonc12. The van der Waals surface area contributed by atoms with E-state index in [0.29, 0.717) is 0 Å². The van der Waals surface area contributed by atoms with Crippen LogP contribution in [0.25, 0.3) is 11.0 Å². The second-order valence-electron chi connectivity index (χ2n) is 5.49. The number of fused-ring (bicyclic) bond motifs is 1. The molecule has 0 aliphatic heterocycles. The smallest absolute Gasteiger partial charge is 0.139 e. The van der Waals surface area contributed by atoms with Crippen LogP contribution in [-0.2, 0) is 20.1 Å². The molecule has 110 valence electrons. The quantitative estimate of drug-likeness (QED) is 0.735. The van der Waals surface area contributed by atoms with E-state index in [9.17, 15) is 0 Å². The minimum absolute atomic E-state index is 0.791. The van der Waals surface area contributed by atoms with E-state index in [1.165, 1.54) is 11.3 Å². The Labute approximate surface area is 123 Å². The van der Waals surface area contributed by atoms with Crippen LogP contribution in [0.4, 0.5) is 0 Å². The number of aromatic nitrogens is 4. The second-order valence-corrected chi connectivity index (χ2v) is 5.49. The molecule has 3 rings (SSSR count). The van der Waals surface area contributed by atoms with Crippen LogP contribution in [0.3, 0.4) is 0 Å². The predicted molar refractivity (Wildman–Crippen MR) is 79.7 cm³/mol. The van der Waals surface area contributed by atoms with Crippen molar-refractivity contribution >= 4 is 11.0 Å². The molecule has 2 aromatic heterocycles. The fourth-order valence-corrected chi connectivity index (χ4v) is 2.65. The largest absolute Gasteiger partial charge is 0.298 e. The van der Waals surface area contributed by atoms with Crippen LogP contribution in [0, 0.1) is 13.8 Å². The van der Waals surface area contributed by atoms with Gasteiger partial charge in [0, 0.05) is 31.4 Å².